The molecule has 2 aromatic carbocycles. The van der Waals surface area contributed by atoms with Crippen LogP contribution in [0.25, 0.3) is 0 Å². The Bertz CT molecular complexity index is 764. The van der Waals surface area contributed by atoms with Gasteiger partial charge in [0, 0.05) is 11.6 Å². The Labute approximate surface area is 119 Å². The average molecular weight is 312 g/mol. The molecule has 0 aromatic heterocycles. The number of benzene rings is 2. The Morgan fingerprint density at radius 3 is 2.29 bits per heavy atom. The zero-order valence-electron chi connectivity index (χ0n) is 10.5. The van der Waals surface area contributed by atoms with Crippen molar-refractivity contribution in [3.63, 3.8) is 0 Å². The third-order valence-electron chi connectivity index (χ3n) is 2.52. The monoisotopic (exact) mass is 312 g/mol. The lowest BCUT2D eigenvalue weighted by Crippen LogP contribution is -2.41. The minimum Gasteiger partial charge on any atom is -0.273 e. The Morgan fingerprint density at radius 2 is 1.67 bits per heavy atom. The number of carbonyl (C=O) groups is 1. The lowest BCUT2D eigenvalue weighted by molar-refractivity contribution is 0.0945. The second-order valence-electron chi connectivity index (χ2n) is 4.00. The van der Waals surface area contributed by atoms with Crippen LogP contribution in [0.4, 0.5) is 8.78 Å². The van der Waals surface area contributed by atoms with Gasteiger partial charge >= 0.3 is 0 Å². The summed E-state index contributed by atoms with van der Waals surface area (Å²) < 4.78 is 49.8. The number of carbonyl (C=O) groups excluding carboxylic acids is 1. The fourth-order valence-corrected chi connectivity index (χ4v) is 2.42. The van der Waals surface area contributed by atoms with E-state index >= 15 is 0 Å². The summed E-state index contributed by atoms with van der Waals surface area (Å²) in [4.78, 5) is 12.6. The van der Waals surface area contributed by atoms with Crippen LogP contribution in [-0.2, 0) is 10.0 Å². The van der Waals surface area contributed by atoms with Crippen molar-refractivity contribution in [3.8, 4) is 0 Å². The van der Waals surface area contributed by atoms with E-state index in [-0.39, 0.29) is 5.56 Å². The van der Waals surface area contributed by atoms with Crippen molar-refractivity contribution < 1.29 is 22.0 Å². The zero-order valence-corrected chi connectivity index (χ0v) is 11.3. The number of amides is 1. The van der Waals surface area contributed by atoms with Gasteiger partial charge in [-0.1, -0.05) is 18.2 Å². The van der Waals surface area contributed by atoms with Crippen molar-refractivity contribution in [2.75, 3.05) is 0 Å². The lowest BCUT2D eigenvalue weighted by atomic mass is 10.2. The van der Waals surface area contributed by atoms with Gasteiger partial charge in [-0.2, -0.15) is 0 Å². The molecule has 0 saturated carbocycles. The van der Waals surface area contributed by atoms with Gasteiger partial charge in [-0.25, -0.2) is 17.2 Å². The molecule has 0 saturated heterocycles. The maximum Gasteiger partial charge on any atom is 0.266 e. The minimum absolute atomic E-state index is 0.222. The molecule has 0 aliphatic rings. The average Bonchev–Trinajstić information content (AvgIpc) is 2.45. The molecule has 1 amide bonds. The first-order chi connectivity index (χ1) is 9.90. The highest BCUT2D eigenvalue weighted by Gasteiger charge is 2.20. The van der Waals surface area contributed by atoms with Gasteiger partial charge < -0.3 is 0 Å². The van der Waals surface area contributed by atoms with Gasteiger partial charge in [-0.3, -0.25) is 10.2 Å². The molecule has 21 heavy (non-hydrogen) atoms. The van der Waals surface area contributed by atoms with E-state index in [0.29, 0.717) is 6.07 Å². The summed E-state index contributed by atoms with van der Waals surface area (Å²) in [6.07, 6.45) is 0. The summed E-state index contributed by atoms with van der Waals surface area (Å²) in [7, 11) is -4.33. The number of hydrogen-bond donors (Lipinski definition) is 2. The van der Waals surface area contributed by atoms with E-state index in [4.69, 9.17) is 0 Å². The molecule has 0 spiro atoms. The Hall–Kier alpha value is -2.32. The van der Waals surface area contributed by atoms with Crippen LogP contribution in [0.15, 0.2) is 53.4 Å². The lowest BCUT2D eigenvalue weighted by Gasteiger charge is -2.09. The summed E-state index contributed by atoms with van der Waals surface area (Å²) in [5.74, 6) is -2.86. The molecule has 2 N–H and O–H groups in total. The van der Waals surface area contributed by atoms with Crippen LogP contribution < -0.4 is 10.3 Å². The molecule has 0 bridgehead atoms. The molecule has 0 unspecified atom stereocenters. The molecule has 0 heterocycles. The van der Waals surface area contributed by atoms with Crippen molar-refractivity contribution in [2.24, 2.45) is 0 Å². The number of sulfonamides is 1. The highest BCUT2D eigenvalue weighted by atomic mass is 32.2. The summed E-state index contributed by atoms with van der Waals surface area (Å²) in [6, 6.07) is 9.84. The molecular weight excluding hydrogens is 302 g/mol. The fourth-order valence-electron chi connectivity index (χ4n) is 1.52. The maximum atomic E-state index is 13.4. The first kappa shape index (κ1) is 15.1. The standard InChI is InChI=1S/C13H10F2N2O3S/c14-10-6-7-12(11(15)8-10)21(19,20)17-16-13(18)9-4-2-1-3-5-9/h1-8,17H,(H,16,18). The molecule has 0 radical (unpaired) electrons. The van der Waals surface area contributed by atoms with E-state index in [1.807, 2.05) is 5.43 Å². The highest BCUT2D eigenvalue weighted by molar-refractivity contribution is 7.89. The predicted octanol–water partition coefficient (Wildman–Crippen LogP) is 1.59. The third-order valence-corrected chi connectivity index (χ3v) is 3.80. The summed E-state index contributed by atoms with van der Waals surface area (Å²) in [6.45, 7) is 0. The smallest absolute Gasteiger partial charge is 0.266 e. The van der Waals surface area contributed by atoms with Gasteiger partial charge in [0.2, 0.25) is 0 Å². The van der Waals surface area contributed by atoms with Crippen LogP contribution in [0.1, 0.15) is 10.4 Å². The van der Waals surface area contributed by atoms with Crippen molar-refractivity contribution >= 4 is 15.9 Å². The molecule has 2 rings (SSSR count). The number of rotatable bonds is 4. The zero-order chi connectivity index (χ0) is 15.5. The Kier molecular flexibility index (Phi) is 4.29. The SMILES string of the molecule is O=C(NNS(=O)(=O)c1ccc(F)cc1F)c1ccccc1. The molecule has 0 fully saturated rings. The van der Waals surface area contributed by atoms with Crippen LogP contribution in [0.5, 0.6) is 0 Å². The van der Waals surface area contributed by atoms with Gasteiger partial charge in [0.05, 0.1) is 0 Å². The Balaban J connectivity index is 2.13. The quantitative estimate of drug-likeness (QED) is 0.842. The molecule has 2 aromatic rings. The van der Waals surface area contributed by atoms with Gasteiger partial charge in [0.15, 0.2) is 0 Å². The van der Waals surface area contributed by atoms with E-state index in [2.05, 4.69) is 0 Å². The van der Waals surface area contributed by atoms with Crippen LogP contribution in [0, 0.1) is 11.6 Å². The fraction of sp³-hybridized carbons (Fsp3) is 0. The van der Waals surface area contributed by atoms with Crippen molar-refractivity contribution in [1.29, 1.82) is 0 Å². The van der Waals surface area contributed by atoms with Gasteiger partial charge in [-0.05, 0) is 24.3 Å². The highest BCUT2D eigenvalue weighted by Crippen LogP contribution is 2.14. The number of hydrogen-bond acceptors (Lipinski definition) is 3. The number of halogens is 2. The largest absolute Gasteiger partial charge is 0.273 e. The molecule has 8 heteroatoms. The second-order valence-corrected chi connectivity index (χ2v) is 5.65. The predicted molar refractivity (Wildman–Crippen MR) is 70.6 cm³/mol. The van der Waals surface area contributed by atoms with Crippen LogP contribution in [0.3, 0.4) is 0 Å². The maximum absolute atomic E-state index is 13.4. The van der Waals surface area contributed by atoms with E-state index in [1.165, 1.54) is 12.1 Å². The van der Waals surface area contributed by atoms with E-state index < -0.39 is 32.5 Å². The van der Waals surface area contributed by atoms with E-state index in [1.54, 1.807) is 23.0 Å². The van der Waals surface area contributed by atoms with Crippen molar-refractivity contribution in [1.82, 2.24) is 10.3 Å². The molecule has 110 valence electrons. The molecule has 5 nitrogen and oxygen atoms in total. The number of hydrazine groups is 1. The van der Waals surface area contributed by atoms with Crippen LogP contribution in [-0.4, -0.2) is 14.3 Å². The summed E-state index contributed by atoms with van der Waals surface area (Å²) >= 11 is 0. The molecular formula is C13H10F2N2O3S. The molecule has 0 atom stereocenters. The van der Waals surface area contributed by atoms with Gasteiger partial charge in [0.25, 0.3) is 15.9 Å². The number of nitrogens with one attached hydrogen (secondary N) is 2. The van der Waals surface area contributed by atoms with Crippen molar-refractivity contribution in [2.45, 2.75) is 4.90 Å². The van der Waals surface area contributed by atoms with Crippen molar-refractivity contribution in [3.05, 3.63) is 65.7 Å². The van der Waals surface area contributed by atoms with Crippen LogP contribution in [0.2, 0.25) is 0 Å². The minimum atomic E-state index is -4.33. The van der Waals surface area contributed by atoms with E-state index in [0.717, 1.165) is 12.1 Å². The summed E-state index contributed by atoms with van der Waals surface area (Å²) in [5, 5.41) is 0. The summed E-state index contributed by atoms with van der Waals surface area (Å²) in [5.41, 5.74) is 2.16. The van der Waals surface area contributed by atoms with Gasteiger partial charge in [0.1, 0.15) is 16.5 Å². The Morgan fingerprint density at radius 1 is 1.00 bits per heavy atom. The van der Waals surface area contributed by atoms with Gasteiger partial charge in [-0.15, -0.1) is 4.83 Å². The third kappa shape index (κ3) is 3.61. The topological polar surface area (TPSA) is 75.3 Å². The first-order valence-corrected chi connectivity index (χ1v) is 7.21. The second kappa shape index (κ2) is 5.98. The molecule has 0 aliphatic heterocycles. The molecule has 0 aliphatic carbocycles. The normalized spacial score (nSPS) is 11.1. The first-order valence-electron chi connectivity index (χ1n) is 5.72. The van der Waals surface area contributed by atoms with Crippen LogP contribution >= 0.6 is 0 Å². The van der Waals surface area contributed by atoms with E-state index in [9.17, 15) is 22.0 Å².